The molecule has 6 nitrogen and oxygen atoms in total. The summed E-state index contributed by atoms with van der Waals surface area (Å²) in [6, 6.07) is 15.7. The molecule has 0 aliphatic heterocycles. The molecule has 0 aliphatic rings. The maximum Gasteiger partial charge on any atom is 0.258 e. The highest BCUT2D eigenvalue weighted by molar-refractivity contribution is 7.99. The average molecular weight is 406 g/mol. The number of fused-ring (bicyclic) bond motifs is 1. The lowest BCUT2D eigenvalue weighted by molar-refractivity contribution is 0.625. The maximum absolute atomic E-state index is 12.4. The fraction of sp³-hybridized carbons (Fsp3) is 0.273. The number of aromatic amines is 1. The summed E-state index contributed by atoms with van der Waals surface area (Å²) in [6.07, 6.45) is 0.976. The molecule has 2 aromatic carbocycles. The second kappa shape index (κ2) is 8.21. The van der Waals surface area contributed by atoms with Crippen LogP contribution in [0.15, 0.2) is 58.5 Å². The highest BCUT2D eigenvalue weighted by Gasteiger charge is 2.19. The highest BCUT2D eigenvalue weighted by atomic mass is 32.2. The third-order valence-electron chi connectivity index (χ3n) is 4.74. The second-order valence-electron chi connectivity index (χ2n) is 7.06. The number of aryl methyl sites for hydroxylation is 1. The molecule has 1 unspecified atom stereocenters. The van der Waals surface area contributed by atoms with Crippen LogP contribution in [-0.4, -0.2) is 24.7 Å². The largest absolute Gasteiger partial charge is 0.309 e. The van der Waals surface area contributed by atoms with E-state index in [0.717, 1.165) is 29.5 Å². The minimum absolute atomic E-state index is 0.0718. The predicted molar refractivity (Wildman–Crippen MR) is 117 cm³/mol. The van der Waals surface area contributed by atoms with Gasteiger partial charge in [-0.2, -0.15) is 0 Å². The molecule has 0 saturated heterocycles. The first-order valence-electron chi connectivity index (χ1n) is 9.72. The SMILES string of the molecule is CCCn1c(SC(C)c2nc3ccccc3c(=O)[nH]2)nnc1-c1cccc(C)c1. The smallest absolute Gasteiger partial charge is 0.258 e. The summed E-state index contributed by atoms with van der Waals surface area (Å²) >= 11 is 1.56. The van der Waals surface area contributed by atoms with E-state index in [4.69, 9.17) is 0 Å². The van der Waals surface area contributed by atoms with Gasteiger partial charge in [-0.1, -0.05) is 54.6 Å². The molecule has 0 bridgehead atoms. The number of aromatic nitrogens is 5. The Morgan fingerprint density at radius 1 is 1.14 bits per heavy atom. The van der Waals surface area contributed by atoms with Crippen LogP contribution in [0.3, 0.4) is 0 Å². The summed E-state index contributed by atoms with van der Waals surface area (Å²) in [5, 5.41) is 10.3. The number of hydrogen-bond donors (Lipinski definition) is 1. The van der Waals surface area contributed by atoms with Crippen molar-refractivity contribution < 1.29 is 0 Å². The third-order valence-corrected chi connectivity index (χ3v) is 5.83. The Morgan fingerprint density at radius 3 is 2.76 bits per heavy atom. The molecular formula is C22H23N5OS. The van der Waals surface area contributed by atoms with E-state index in [1.54, 1.807) is 17.8 Å². The van der Waals surface area contributed by atoms with Crippen molar-refractivity contribution in [2.45, 2.75) is 44.1 Å². The number of nitrogens with one attached hydrogen (secondary N) is 1. The molecule has 7 heteroatoms. The van der Waals surface area contributed by atoms with Gasteiger partial charge >= 0.3 is 0 Å². The van der Waals surface area contributed by atoms with Gasteiger partial charge in [0.25, 0.3) is 5.56 Å². The first-order chi connectivity index (χ1) is 14.1. The van der Waals surface area contributed by atoms with E-state index >= 15 is 0 Å². The van der Waals surface area contributed by atoms with Gasteiger partial charge in [0, 0.05) is 12.1 Å². The Hall–Kier alpha value is -2.93. The molecule has 2 heterocycles. The van der Waals surface area contributed by atoms with E-state index < -0.39 is 0 Å². The van der Waals surface area contributed by atoms with E-state index in [-0.39, 0.29) is 10.8 Å². The van der Waals surface area contributed by atoms with Gasteiger partial charge < -0.3 is 9.55 Å². The Labute approximate surface area is 173 Å². The third kappa shape index (κ3) is 3.96. The number of benzene rings is 2. The van der Waals surface area contributed by atoms with Gasteiger partial charge in [-0.25, -0.2) is 4.98 Å². The molecular weight excluding hydrogens is 382 g/mol. The number of rotatable bonds is 6. The van der Waals surface area contributed by atoms with Crippen LogP contribution in [0.4, 0.5) is 0 Å². The van der Waals surface area contributed by atoms with Crippen molar-refractivity contribution in [2.75, 3.05) is 0 Å². The van der Waals surface area contributed by atoms with Crippen LogP contribution < -0.4 is 5.56 Å². The fourth-order valence-corrected chi connectivity index (χ4v) is 4.24. The van der Waals surface area contributed by atoms with E-state index in [9.17, 15) is 4.79 Å². The number of thioether (sulfide) groups is 1. The van der Waals surface area contributed by atoms with E-state index in [1.165, 1.54) is 5.56 Å². The fourth-order valence-electron chi connectivity index (χ4n) is 3.31. The number of nitrogens with zero attached hydrogens (tertiary/aromatic N) is 4. The van der Waals surface area contributed by atoms with Crippen molar-refractivity contribution >= 4 is 22.7 Å². The molecule has 0 amide bonds. The molecule has 0 fully saturated rings. The summed E-state index contributed by atoms with van der Waals surface area (Å²) in [5.41, 5.74) is 2.83. The topological polar surface area (TPSA) is 76.5 Å². The molecule has 0 radical (unpaired) electrons. The van der Waals surface area contributed by atoms with Gasteiger partial charge in [0.2, 0.25) is 0 Å². The molecule has 1 atom stereocenters. The van der Waals surface area contributed by atoms with Crippen LogP contribution in [0.2, 0.25) is 0 Å². The lowest BCUT2D eigenvalue weighted by Gasteiger charge is -2.13. The minimum Gasteiger partial charge on any atom is -0.309 e. The first kappa shape index (κ1) is 19.4. The molecule has 148 valence electrons. The van der Waals surface area contributed by atoms with Crippen molar-refractivity contribution in [1.82, 2.24) is 24.7 Å². The molecule has 2 aromatic heterocycles. The monoisotopic (exact) mass is 405 g/mol. The van der Waals surface area contributed by atoms with Crippen LogP contribution in [0.5, 0.6) is 0 Å². The lowest BCUT2D eigenvalue weighted by atomic mass is 10.1. The molecule has 0 saturated carbocycles. The predicted octanol–water partition coefficient (Wildman–Crippen LogP) is 4.75. The quantitative estimate of drug-likeness (QED) is 0.468. The van der Waals surface area contributed by atoms with Gasteiger partial charge in [0.15, 0.2) is 11.0 Å². The van der Waals surface area contributed by atoms with Gasteiger partial charge in [-0.05, 0) is 38.5 Å². The Bertz CT molecular complexity index is 1210. The van der Waals surface area contributed by atoms with Crippen LogP contribution in [0.1, 0.15) is 36.9 Å². The second-order valence-corrected chi connectivity index (χ2v) is 8.36. The van der Waals surface area contributed by atoms with E-state index in [0.29, 0.717) is 16.7 Å². The van der Waals surface area contributed by atoms with Crippen molar-refractivity contribution in [2.24, 2.45) is 0 Å². The van der Waals surface area contributed by atoms with Crippen molar-refractivity contribution in [3.8, 4) is 11.4 Å². The minimum atomic E-state index is -0.117. The van der Waals surface area contributed by atoms with E-state index in [1.807, 2.05) is 31.2 Å². The Balaban J connectivity index is 1.68. The van der Waals surface area contributed by atoms with Gasteiger partial charge in [-0.3, -0.25) is 4.79 Å². The molecule has 1 N–H and O–H groups in total. The first-order valence-corrected chi connectivity index (χ1v) is 10.6. The van der Waals surface area contributed by atoms with Crippen molar-refractivity contribution in [3.05, 3.63) is 70.3 Å². The number of H-pyrrole nitrogens is 1. The zero-order chi connectivity index (χ0) is 20.4. The van der Waals surface area contributed by atoms with Crippen molar-refractivity contribution in [1.29, 1.82) is 0 Å². The average Bonchev–Trinajstić information content (AvgIpc) is 3.10. The molecule has 4 rings (SSSR count). The van der Waals surface area contributed by atoms with Crippen molar-refractivity contribution in [3.63, 3.8) is 0 Å². The molecule has 0 aliphatic carbocycles. The Morgan fingerprint density at radius 2 is 1.97 bits per heavy atom. The summed E-state index contributed by atoms with van der Waals surface area (Å²) in [4.78, 5) is 20.0. The van der Waals surface area contributed by atoms with Crippen LogP contribution in [0.25, 0.3) is 22.3 Å². The zero-order valence-corrected chi connectivity index (χ0v) is 17.5. The molecule has 29 heavy (non-hydrogen) atoms. The van der Waals surface area contributed by atoms with E-state index in [2.05, 4.69) is 56.8 Å². The summed E-state index contributed by atoms with van der Waals surface area (Å²) in [6.45, 7) is 7.06. The standard InChI is InChI=1S/C22H23N5OS/c1-4-12-27-20(16-9-7-8-14(2)13-16)25-26-22(27)29-15(3)19-23-18-11-6-5-10-17(18)21(28)24-19/h5-11,13,15H,4,12H2,1-3H3,(H,23,24,28). The van der Waals surface area contributed by atoms with Gasteiger partial charge in [0.1, 0.15) is 5.82 Å². The Kier molecular flexibility index (Phi) is 5.49. The van der Waals surface area contributed by atoms with Crippen LogP contribution >= 0.6 is 11.8 Å². The molecule has 0 spiro atoms. The van der Waals surface area contributed by atoms with Crippen LogP contribution in [0, 0.1) is 6.92 Å². The normalized spacial score (nSPS) is 12.4. The highest BCUT2D eigenvalue weighted by Crippen LogP contribution is 2.34. The summed E-state index contributed by atoms with van der Waals surface area (Å²) in [5.74, 6) is 1.51. The number of para-hydroxylation sites is 1. The maximum atomic E-state index is 12.4. The van der Waals surface area contributed by atoms with Crippen LogP contribution in [-0.2, 0) is 6.54 Å². The zero-order valence-electron chi connectivity index (χ0n) is 16.7. The van der Waals surface area contributed by atoms with Gasteiger partial charge in [0.05, 0.1) is 16.2 Å². The summed E-state index contributed by atoms with van der Waals surface area (Å²) < 4.78 is 2.15. The summed E-state index contributed by atoms with van der Waals surface area (Å²) in [7, 11) is 0. The lowest BCUT2D eigenvalue weighted by Crippen LogP contribution is -2.13. The number of hydrogen-bond acceptors (Lipinski definition) is 5. The molecule has 4 aromatic rings. The van der Waals surface area contributed by atoms with Gasteiger partial charge in [-0.15, -0.1) is 10.2 Å².